The van der Waals surface area contributed by atoms with E-state index in [2.05, 4.69) is 5.32 Å². The zero-order valence-corrected chi connectivity index (χ0v) is 11.3. The van der Waals surface area contributed by atoms with Gasteiger partial charge in [-0.1, -0.05) is 35.3 Å². The van der Waals surface area contributed by atoms with Crippen molar-refractivity contribution < 1.29 is 4.79 Å². The summed E-state index contributed by atoms with van der Waals surface area (Å²) < 4.78 is 0. The van der Waals surface area contributed by atoms with Crippen LogP contribution in [0, 0.1) is 0 Å². The van der Waals surface area contributed by atoms with Crippen molar-refractivity contribution in [2.75, 3.05) is 5.32 Å². The van der Waals surface area contributed by atoms with Gasteiger partial charge in [0.25, 0.3) is 5.91 Å². The molecule has 0 unspecified atom stereocenters. The highest BCUT2D eigenvalue weighted by molar-refractivity contribution is 6.36. The van der Waals surface area contributed by atoms with Gasteiger partial charge in [-0.25, -0.2) is 0 Å². The fourth-order valence-corrected chi connectivity index (χ4v) is 2.33. The van der Waals surface area contributed by atoms with Crippen molar-refractivity contribution in [3.63, 3.8) is 0 Å². The number of halogens is 2. The first kappa shape index (κ1) is 12.3. The van der Waals surface area contributed by atoms with E-state index in [1.54, 1.807) is 30.3 Å². The van der Waals surface area contributed by atoms with Gasteiger partial charge in [-0.05, 0) is 42.0 Å². The van der Waals surface area contributed by atoms with Crippen molar-refractivity contribution in [1.82, 2.24) is 0 Å². The number of fused-ring (bicyclic) bond motifs is 1. The Morgan fingerprint density at radius 3 is 2.37 bits per heavy atom. The molecular formula is C15H9Cl2NO. The van der Waals surface area contributed by atoms with Gasteiger partial charge in [0, 0.05) is 26.9 Å². The van der Waals surface area contributed by atoms with Crippen LogP contribution in [-0.2, 0) is 4.79 Å². The lowest BCUT2D eigenvalue weighted by molar-refractivity contribution is -0.110. The maximum atomic E-state index is 12.0. The second kappa shape index (κ2) is 4.72. The van der Waals surface area contributed by atoms with E-state index in [1.165, 1.54) is 0 Å². The van der Waals surface area contributed by atoms with Crippen molar-refractivity contribution in [2.45, 2.75) is 0 Å². The van der Waals surface area contributed by atoms with Gasteiger partial charge in [0.2, 0.25) is 0 Å². The van der Waals surface area contributed by atoms with E-state index < -0.39 is 0 Å². The summed E-state index contributed by atoms with van der Waals surface area (Å²) in [6.07, 6.45) is 1.83. The minimum absolute atomic E-state index is 0.118. The molecule has 1 heterocycles. The molecule has 0 aromatic heterocycles. The first-order valence-electron chi connectivity index (χ1n) is 5.72. The minimum Gasteiger partial charge on any atom is -0.321 e. The number of anilines is 1. The van der Waals surface area contributed by atoms with Gasteiger partial charge < -0.3 is 5.32 Å². The number of carbonyl (C=O) groups excluding carboxylic acids is 1. The molecule has 1 aliphatic heterocycles. The average molecular weight is 290 g/mol. The molecule has 2 nitrogen and oxygen atoms in total. The summed E-state index contributed by atoms with van der Waals surface area (Å²) in [4.78, 5) is 12.0. The molecule has 1 amide bonds. The number of hydrogen-bond acceptors (Lipinski definition) is 1. The van der Waals surface area contributed by atoms with Gasteiger partial charge in [0.05, 0.1) is 0 Å². The van der Waals surface area contributed by atoms with Gasteiger partial charge in [0.15, 0.2) is 0 Å². The lowest BCUT2D eigenvalue weighted by Crippen LogP contribution is -2.03. The molecule has 0 spiro atoms. The third kappa shape index (κ3) is 2.37. The van der Waals surface area contributed by atoms with Crippen LogP contribution >= 0.6 is 23.2 Å². The van der Waals surface area contributed by atoms with Crippen molar-refractivity contribution >= 4 is 46.4 Å². The Kier molecular flexibility index (Phi) is 3.05. The van der Waals surface area contributed by atoms with Gasteiger partial charge in [-0.3, -0.25) is 4.79 Å². The monoisotopic (exact) mass is 289 g/mol. The van der Waals surface area contributed by atoms with Crippen molar-refractivity contribution in [3.05, 3.63) is 63.6 Å². The Balaban J connectivity index is 2.08. The molecule has 0 bridgehead atoms. The second-order valence-electron chi connectivity index (χ2n) is 4.25. The maximum absolute atomic E-state index is 12.0. The molecule has 94 valence electrons. The molecule has 19 heavy (non-hydrogen) atoms. The summed E-state index contributed by atoms with van der Waals surface area (Å²) in [6.45, 7) is 0. The predicted molar refractivity (Wildman–Crippen MR) is 79.4 cm³/mol. The third-order valence-corrected chi connectivity index (χ3v) is 3.43. The zero-order chi connectivity index (χ0) is 13.4. The molecule has 2 aromatic rings. The highest BCUT2D eigenvalue weighted by Gasteiger charge is 2.23. The Bertz CT molecular complexity index is 690. The van der Waals surface area contributed by atoms with E-state index in [9.17, 15) is 4.79 Å². The van der Waals surface area contributed by atoms with Crippen LogP contribution in [0.15, 0.2) is 42.5 Å². The summed E-state index contributed by atoms with van der Waals surface area (Å²) in [5.41, 5.74) is 3.14. The number of nitrogens with one attached hydrogen (secondary N) is 1. The third-order valence-electron chi connectivity index (χ3n) is 2.95. The molecule has 0 fully saturated rings. The molecule has 0 atom stereocenters. The number of benzene rings is 2. The number of hydrogen-bond donors (Lipinski definition) is 1. The smallest absolute Gasteiger partial charge is 0.256 e. The quantitative estimate of drug-likeness (QED) is 0.770. The molecule has 3 rings (SSSR count). The lowest BCUT2D eigenvalue weighted by Gasteiger charge is -1.99. The van der Waals surface area contributed by atoms with Crippen molar-refractivity contribution in [3.8, 4) is 0 Å². The van der Waals surface area contributed by atoms with E-state index >= 15 is 0 Å². The van der Waals surface area contributed by atoms with Crippen LogP contribution in [0.1, 0.15) is 11.1 Å². The number of rotatable bonds is 1. The fourth-order valence-electron chi connectivity index (χ4n) is 2.03. The van der Waals surface area contributed by atoms with E-state index in [1.807, 2.05) is 18.2 Å². The highest BCUT2D eigenvalue weighted by Crippen LogP contribution is 2.34. The Morgan fingerprint density at radius 1 is 0.947 bits per heavy atom. The predicted octanol–water partition coefficient (Wildman–Crippen LogP) is 4.49. The van der Waals surface area contributed by atoms with Gasteiger partial charge >= 0.3 is 0 Å². The largest absolute Gasteiger partial charge is 0.321 e. The summed E-state index contributed by atoms with van der Waals surface area (Å²) in [7, 11) is 0. The van der Waals surface area contributed by atoms with E-state index in [0.717, 1.165) is 16.8 Å². The molecule has 0 saturated carbocycles. The second-order valence-corrected chi connectivity index (χ2v) is 5.13. The topological polar surface area (TPSA) is 29.1 Å². The Morgan fingerprint density at radius 2 is 1.63 bits per heavy atom. The molecule has 0 aliphatic carbocycles. The summed E-state index contributed by atoms with van der Waals surface area (Å²) in [6, 6.07) is 12.7. The molecule has 2 aromatic carbocycles. The van der Waals surface area contributed by atoms with Crippen LogP contribution in [0.2, 0.25) is 10.0 Å². The molecule has 1 aliphatic rings. The summed E-state index contributed by atoms with van der Waals surface area (Å²) in [5, 5.41) is 4.09. The molecule has 0 saturated heterocycles. The summed E-state index contributed by atoms with van der Waals surface area (Å²) in [5.74, 6) is -0.118. The molecule has 4 heteroatoms. The van der Waals surface area contributed by atoms with Crippen LogP contribution in [0.5, 0.6) is 0 Å². The van der Waals surface area contributed by atoms with E-state index in [4.69, 9.17) is 23.2 Å². The van der Waals surface area contributed by atoms with Crippen LogP contribution < -0.4 is 5.32 Å². The van der Waals surface area contributed by atoms with Crippen LogP contribution in [0.3, 0.4) is 0 Å². The first-order valence-corrected chi connectivity index (χ1v) is 6.47. The van der Waals surface area contributed by atoms with E-state index in [0.29, 0.717) is 15.6 Å². The lowest BCUT2D eigenvalue weighted by atomic mass is 10.0. The van der Waals surface area contributed by atoms with Gasteiger partial charge in [0.1, 0.15) is 0 Å². The standard InChI is InChI=1S/C15H9Cl2NO/c16-10-3-1-9(2-4-10)7-13-12-8-11(17)5-6-14(12)18-15(13)19/h1-8H,(H,18,19). The van der Waals surface area contributed by atoms with Crippen molar-refractivity contribution in [2.24, 2.45) is 0 Å². The maximum Gasteiger partial charge on any atom is 0.256 e. The Hall–Kier alpha value is -1.77. The average Bonchev–Trinajstić information content (AvgIpc) is 2.69. The van der Waals surface area contributed by atoms with Crippen LogP contribution in [-0.4, -0.2) is 5.91 Å². The van der Waals surface area contributed by atoms with E-state index in [-0.39, 0.29) is 5.91 Å². The highest BCUT2D eigenvalue weighted by atomic mass is 35.5. The zero-order valence-electron chi connectivity index (χ0n) is 9.78. The number of carbonyl (C=O) groups is 1. The summed E-state index contributed by atoms with van der Waals surface area (Å²) >= 11 is 11.8. The van der Waals surface area contributed by atoms with Crippen molar-refractivity contribution in [1.29, 1.82) is 0 Å². The first-order chi connectivity index (χ1) is 9.13. The molecule has 1 N–H and O–H groups in total. The fraction of sp³-hybridized carbons (Fsp3) is 0. The SMILES string of the molecule is O=C1Nc2ccc(Cl)cc2C1=Cc1ccc(Cl)cc1. The number of amides is 1. The normalized spacial score (nSPS) is 15.5. The molecule has 0 radical (unpaired) electrons. The van der Waals surface area contributed by atoms with Gasteiger partial charge in [-0.2, -0.15) is 0 Å². The van der Waals surface area contributed by atoms with Crippen LogP contribution in [0.4, 0.5) is 5.69 Å². The molecular weight excluding hydrogens is 281 g/mol. The van der Waals surface area contributed by atoms with Crippen LogP contribution in [0.25, 0.3) is 11.6 Å². The Labute approximate surface area is 120 Å². The minimum atomic E-state index is -0.118. The van der Waals surface area contributed by atoms with Gasteiger partial charge in [-0.15, -0.1) is 0 Å².